The van der Waals surface area contributed by atoms with E-state index in [0.717, 1.165) is 0 Å². The number of amides is 4. The highest BCUT2D eigenvalue weighted by atomic mass is 16.6. The van der Waals surface area contributed by atoms with Gasteiger partial charge < -0.3 is 28.4 Å². The van der Waals surface area contributed by atoms with Crippen LogP contribution in [-0.2, 0) is 38.0 Å². The molecule has 0 spiro atoms. The van der Waals surface area contributed by atoms with Gasteiger partial charge in [0.15, 0.2) is 0 Å². The fraction of sp³-hybridized carbons (Fsp3) is 0.389. The fourth-order valence-electron chi connectivity index (χ4n) is 4.02. The van der Waals surface area contributed by atoms with Crippen LogP contribution in [0.3, 0.4) is 0 Å². The molecule has 0 radical (unpaired) electrons. The number of nitrogens with zero attached hydrogens (tertiary/aromatic N) is 1. The maximum absolute atomic E-state index is 12.4. The van der Waals surface area contributed by atoms with Gasteiger partial charge in [0, 0.05) is 47.0 Å². The van der Waals surface area contributed by atoms with Crippen LogP contribution in [0.15, 0.2) is 60.7 Å². The third-order valence-electron chi connectivity index (χ3n) is 6.97. The Hall–Kier alpha value is -6.10. The van der Waals surface area contributed by atoms with Crippen molar-refractivity contribution in [3.05, 3.63) is 71.8 Å². The standard InChI is InChI=1S/C36H47N5O12/c1-8-41(13-15-50-33(44)37-27-11-9-25(6)29(21-27)39-35(46)52-19-17-48-31(42)23(2)3)14-16-51-34(45)38-28-12-10-26(7)30(22-28)40-36(47)53-20-18-49-32(43)24(4)5/h9-12,21-22H,2,4,8,13-20H2,1,3,5-7H3,(H,37,44)(H,38,45)(H,39,46)(H,40,47). The largest absolute Gasteiger partial charge is 0.459 e. The summed E-state index contributed by atoms with van der Waals surface area (Å²) in [5, 5.41) is 10.4. The lowest BCUT2D eigenvalue weighted by atomic mass is 10.2. The predicted molar refractivity (Wildman–Crippen MR) is 196 cm³/mol. The number of ether oxygens (including phenoxy) is 6. The molecule has 4 N–H and O–H groups in total. The first-order valence-corrected chi connectivity index (χ1v) is 16.5. The van der Waals surface area contributed by atoms with Crippen molar-refractivity contribution in [2.24, 2.45) is 0 Å². The van der Waals surface area contributed by atoms with E-state index in [-0.39, 0.29) is 50.8 Å². The number of likely N-dealkylation sites (N-methyl/N-ethyl adjacent to an activating group) is 1. The Balaban J connectivity index is 1.71. The first kappa shape index (κ1) is 43.1. The lowest BCUT2D eigenvalue weighted by Gasteiger charge is -2.20. The van der Waals surface area contributed by atoms with Gasteiger partial charge in [-0.05, 0) is 69.6 Å². The first-order chi connectivity index (χ1) is 25.2. The summed E-state index contributed by atoms with van der Waals surface area (Å²) in [7, 11) is 0. The van der Waals surface area contributed by atoms with Crippen molar-refractivity contribution in [2.45, 2.75) is 34.6 Å². The minimum atomic E-state index is -0.768. The van der Waals surface area contributed by atoms with Crippen LogP contribution in [0.25, 0.3) is 0 Å². The maximum Gasteiger partial charge on any atom is 0.411 e. The lowest BCUT2D eigenvalue weighted by molar-refractivity contribution is -0.140. The molecule has 0 unspecified atom stereocenters. The summed E-state index contributed by atoms with van der Waals surface area (Å²) in [6.07, 6.45) is -2.96. The van der Waals surface area contributed by atoms with Gasteiger partial charge in [-0.1, -0.05) is 32.2 Å². The Morgan fingerprint density at radius 2 is 0.887 bits per heavy atom. The number of carbonyl (C=O) groups excluding carboxylic acids is 6. The number of aryl methyl sites for hydroxylation is 2. The van der Waals surface area contributed by atoms with Crippen LogP contribution in [-0.4, -0.2) is 100 Å². The summed E-state index contributed by atoms with van der Waals surface area (Å²) in [5.41, 5.74) is 3.41. The zero-order chi connectivity index (χ0) is 39.3. The van der Waals surface area contributed by atoms with E-state index in [1.807, 2.05) is 11.8 Å². The van der Waals surface area contributed by atoms with E-state index < -0.39 is 36.3 Å². The number of anilines is 4. The summed E-state index contributed by atoms with van der Waals surface area (Å²) in [6, 6.07) is 9.74. The van der Waals surface area contributed by atoms with E-state index in [1.54, 1.807) is 38.1 Å². The van der Waals surface area contributed by atoms with Gasteiger partial charge in [0.25, 0.3) is 0 Å². The SMILES string of the molecule is C=C(C)C(=O)OCCOC(=O)Nc1cc(NC(=O)OCCN(CC)CCOC(=O)Nc2ccc(C)c(NC(=O)OCCOC(=O)C(=C)C)c2)ccc1C. The molecule has 17 heteroatoms. The third-order valence-corrected chi connectivity index (χ3v) is 6.97. The van der Waals surface area contributed by atoms with Gasteiger partial charge in [0.05, 0.1) is 0 Å². The van der Waals surface area contributed by atoms with E-state index >= 15 is 0 Å². The van der Waals surface area contributed by atoms with Crippen molar-refractivity contribution < 1.29 is 57.2 Å². The minimum Gasteiger partial charge on any atom is -0.459 e. The second-order valence-electron chi connectivity index (χ2n) is 11.4. The number of hydrogen-bond acceptors (Lipinski definition) is 13. The third kappa shape index (κ3) is 17.1. The van der Waals surface area contributed by atoms with E-state index in [9.17, 15) is 28.8 Å². The van der Waals surface area contributed by atoms with Crippen molar-refractivity contribution in [3.8, 4) is 0 Å². The molecule has 0 heterocycles. The highest BCUT2D eigenvalue weighted by molar-refractivity contribution is 5.91. The average Bonchev–Trinajstić information content (AvgIpc) is 3.10. The Morgan fingerprint density at radius 1 is 0.547 bits per heavy atom. The average molecular weight is 742 g/mol. The van der Waals surface area contributed by atoms with Crippen LogP contribution < -0.4 is 21.3 Å². The summed E-state index contributed by atoms with van der Waals surface area (Å²) in [6.45, 7) is 16.2. The second kappa shape index (κ2) is 22.7. The molecular formula is C36H47N5O12. The van der Waals surface area contributed by atoms with Crippen LogP contribution in [0, 0.1) is 13.8 Å². The van der Waals surface area contributed by atoms with Gasteiger partial charge in [0.1, 0.15) is 39.6 Å². The van der Waals surface area contributed by atoms with Crippen molar-refractivity contribution >= 4 is 59.1 Å². The van der Waals surface area contributed by atoms with E-state index in [0.29, 0.717) is 53.5 Å². The molecule has 17 nitrogen and oxygen atoms in total. The van der Waals surface area contributed by atoms with Crippen molar-refractivity contribution in [3.63, 3.8) is 0 Å². The van der Waals surface area contributed by atoms with E-state index in [1.165, 1.54) is 26.0 Å². The number of rotatable bonds is 19. The normalized spacial score (nSPS) is 10.3. The van der Waals surface area contributed by atoms with Gasteiger partial charge in [0.2, 0.25) is 0 Å². The lowest BCUT2D eigenvalue weighted by Crippen LogP contribution is -2.32. The Kier molecular flexibility index (Phi) is 18.4. The molecule has 2 rings (SSSR count). The molecule has 0 aliphatic rings. The Bertz CT molecular complexity index is 1530. The van der Waals surface area contributed by atoms with Crippen LogP contribution in [0.1, 0.15) is 31.9 Å². The zero-order valence-corrected chi connectivity index (χ0v) is 30.6. The van der Waals surface area contributed by atoms with Gasteiger partial charge >= 0.3 is 36.3 Å². The molecule has 0 fully saturated rings. The predicted octanol–water partition coefficient (Wildman–Crippen LogP) is 5.76. The first-order valence-electron chi connectivity index (χ1n) is 16.5. The summed E-state index contributed by atoms with van der Waals surface area (Å²) >= 11 is 0. The van der Waals surface area contributed by atoms with Crippen LogP contribution in [0.2, 0.25) is 0 Å². The molecule has 2 aromatic carbocycles. The molecule has 4 amide bonds. The van der Waals surface area contributed by atoms with Crippen LogP contribution in [0.4, 0.5) is 41.9 Å². The number of benzene rings is 2. The van der Waals surface area contributed by atoms with Gasteiger partial charge in [-0.2, -0.15) is 0 Å². The van der Waals surface area contributed by atoms with Gasteiger partial charge in [-0.25, -0.2) is 28.8 Å². The number of nitrogens with one attached hydrogen (secondary N) is 4. The van der Waals surface area contributed by atoms with Crippen LogP contribution in [0.5, 0.6) is 0 Å². The quantitative estimate of drug-likeness (QED) is 0.0585. The molecule has 2 aromatic rings. The molecule has 288 valence electrons. The van der Waals surface area contributed by atoms with Crippen molar-refractivity contribution in [1.82, 2.24) is 4.90 Å². The van der Waals surface area contributed by atoms with Gasteiger partial charge in [-0.15, -0.1) is 0 Å². The highest BCUT2D eigenvalue weighted by Crippen LogP contribution is 2.22. The number of carbonyl (C=O) groups is 6. The van der Waals surface area contributed by atoms with E-state index in [4.69, 9.17) is 28.4 Å². The zero-order valence-electron chi connectivity index (χ0n) is 30.6. The topological polar surface area (TPSA) is 209 Å². The van der Waals surface area contributed by atoms with Gasteiger partial charge in [-0.3, -0.25) is 26.2 Å². The molecule has 0 aromatic heterocycles. The molecular weight excluding hydrogens is 694 g/mol. The number of esters is 2. The van der Waals surface area contributed by atoms with Crippen LogP contribution >= 0.6 is 0 Å². The molecule has 0 bridgehead atoms. The molecule has 53 heavy (non-hydrogen) atoms. The molecule has 0 aliphatic heterocycles. The second-order valence-corrected chi connectivity index (χ2v) is 11.4. The maximum atomic E-state index is 12.4. The van der Waals surface area contributed by atoms with Crippen molar-refractivity contribution in [1.29, 1.82) is 0 Å². The summed E-state index contributed by atoms with van der Waals surface area (Å²) in [5.74, 6) is -1.17. The smallest absolute Gasteiger partial charge is 0.411 e. The monoisotopic (exact) mass is 741 g/mol. The van der Waals surface area contributed by atoms with Crippen molar-refractivity contribution in [2.75, 3.05) is 80.5 Å². The molecule has 0 saturated carbocycles. The highest BCUT2D eigenvalue weighted by Gasteiger charge is 2.13. The summed E-state index contributed by atoms with van der Waals surface area (Å²) < 4.78 is 30.4. The molecule has 0 saturated heterocycles. The minimum absolute atomic E-state index is 0.0480. The Labute approximate surface area is 307 Å². The van der Waals surface area contributed by atoms with E-state index in [2.05, 4.69) is 34.4 Å². The number of hydrogen-bond donors (Lipinski definition) is 4. The fourth-order valence-corrected chi connectivity index (χ4v) is 4.02. The molecule has 0 atom stereocenters. The Morgan fingerprint density at radius 3 is 1.25 bits per heavy atom. The molecule has 0 aliphatic carbocycles. The summed E-state index contributed by atoms with van der Waals surface area (Å²) in [4.78, 5) is 73.9.